The molecule has 35 heavy (non-hydrogen) atoms. The molecule has 1 unspecified atom stereocenters. The van der Waals surface area contributed by atoms with Crippen LogP contribution in [0, 0.1) is 23.3 Å². The van der Waals surface area contributed by atoms with Crippen molar-refractivity contribution >= 4 is 6.08 Å². The lowest BCUT2D eigenvalue weighted by Gasteiger charge is -2.11. The van der Waals surface area contributed by atoms with Crippen molar-refractivity contribution in [2.24, 2.45) is 0 Å². The quantitative estimate of drug-likeness (QED) is 0.200. The lowest BCUT2D eigenvalue weighted by molar-refractivity contribution is 0.283. The summed E-state index contributed by atoms with van der Waals surface area (Å²) in [6.07, 6.45) is 1.27. The van der Waals surface area contributed by atoms with Gasteiger partial charge in [0.25, 0.3) is 0 Å². The molecule has 4 aromatic rings. The Labute approximate surface area is 200 Å². The van der Waals surface area contributed by atoms with Crippen molar-refractivity contribution in [3.63, 3.8) is 0 Å². The van der Waals surface area contributed by atoms with Crippen molar-refractivity contribution < 1.29 is 27.0 Å². The standard InChI is InChI=1S/C29H20F4O2/c1-2-17-3-7-19(8-4-17)21-11-12-22(27(31)26(21)30)20-9-5-18(6-10-20)15-34-24-14-13-23(25-16-35-25)28(32)29(24)33/h2-14,25H,1,15-16H2. The fourth-order valence-electron chi connectivity index (χ4n) is 3.87. The number of rotatable bonds is 7. The molecule has 1 heterocycles. The molecule has 0 saturated carbocycles. The third kappa shape index (κ3) is 4.57. The summed E-state index contributed by atoms with van der Waals surface area (Å²) in [7, 11) is 0. The minimum atomic E-state index is -1.06. The molecule has 0 amide bonds. The highest BCUT2D eigenvalue weighted by molar-refractivity contribution is 5.72. The van der Waals surface area contributed by atoms with E-state index >= 15 is 0 Å². The highest BCUT2D eigenvalue weighted by Gasteiger charge is 2.30. The van der Waals surface area contributed by atoms with Crippen molar-refractivity contribution in [2.75, 3.05) is 6.61 Å². The second kappa shape index (κ2) is 9.39. The summed E-state index contributed by atoms with van der Waals surface area (Å²) in [6.45, 7) is 4.04. The molecule has 0 aliphatic carbocycles. The third-order valence-corrected chi connectivity index (χ3v) is 5.96. The molecule has 5 rings (SSSR count). The van der Waals surface area contributed by atoms with Crippen LogP contribution in [-0.4, -0.2) is 6.61 Å². The van der Waals surface area contributed by atoms with E-state index in [2.05, 4.69) is 6.58 Å². The molecule has 0 radical (unpaired) electrons. The van der Waals surface area contributed by atoms with Gasteiger partial charge in [-0.15, -0.1) is 0 Å². The van der Waals surface area contributed by atoms with E-state index in [1.54, 1.807) is 60.7 Å². The van der Waals surface area contributed by atoms with Crippen LogP contribution in [0.25, 0.3) is 28.3 Å². The Balaban J connectivity index is 1.32. The Hall–Kier alpha value is -3.90. The molecule has 4 aromatic carbocycles. The number of halogens is 4. The van der Waals surface area contributed by atoms with Gasteiger partial charge < -0.3 is 9.47 Å². The first-order chi connectivity index (χ1) is 17.0. The number of epoxide rings is 1. The summed E-state index contributed by atoms with van der Waals surface area (Å²) in [5, 5.41) is 0. The number of hydrogen-bond acceptors (Lipinski definition) is 2. The number of ether oxygens (including phenoxy) is 2. The van der Waals surface area contributed by atoms with E-state index in [1.165, 1.54) is 18.2 Å². The molecule has 0 spiro atoms. The van der Waals surface area contributed by atoms with Gasteiger partial charge in [0.05, 0.1) is 6.61 Å². The summed E-state index contributed by atoms with van der Waals surface area (Å²) in [5.41, 5.74) is 3.04. The third-order valence-electron chi connectivity index (χ3n) is 5.96. The maximum Gasteiger partial charge on any atom is 0.201 e. The van der Waals surface area contributed by atoms with Crippen molar-refractivity contribution in [1.82, 2.24) is 0 Å². The van der Waals surface area contributed by atoms with Gasteiger partial charge in [0.1, 0.15) is 12.7 Å². The van der Waals surface area contributed by atoms with E-state index in [1.807, 2.05) is 0 Å². The molecule has 6 heteroatoms. The average molecular weight is 476 g/mol. The van der Waals surface area contributed by atoms with Gasteiger partial charge in [-0.2, -0.15) is 4.39 Å². The van der Waals surface area contributed by atoms with Gasteiger partial charge in [-0.05, 0) is 34.4 Å². The molecule has 2 nitrogen and oxygen atoms in total. The molecule has 1 atom stereocenters. The zero-order chi connectivity index (χ0) is 24.5. The molecule has 1 aliphatic rings. The van der Waals surface area contributed by atoms with E-state index in [4.69, 9.17) is 9.47 Å². The first-order valence-electron chi connectivity index (χ1n) is 11.0. The summed E-state index contributed by atoms with van der Waals surface area (Å²) in [4.78, 5) is 0. The molecule has 0 bridgehead atoms. The van der Waals surface area contributed by atoms with Crippen LogP contribution < -0.4 is 4.74 Å². The first kappa shape index (κ1) is 22.9. The summed E-state index contributed by atoms with van der Waals surface area (Å²) in [6, 6.07) is 19.5. The Morgan fingerprint density at radius 1 is 0.743 bits per heavy atom. The fraction of sp³-hybridized carbons (Fsp3) is 0.103. The van der Waals surface area contributed by atoms with E-state index < -0.39 is 29.4 Å². The molecule has 0 N–H and O–H groups in total. The van der Waals surface area contributed by atoms with Gasteiger partial charge in [0.15, 0.2) is 23.2 Å². The van der Waals surface area contributed by atoms with Gasteiger partial charge in [-0.1, -0.05) is 73.3 Å². The summed E-state index contributed by atoms with van der Waals surface area (Å²) < 4.78 is 68.7. The lowest BCUT2D eigenvalue weighted by Crippen LogP contribution is -2.01. The number of hydrogen-bond donors (Lipinski definition) is 0. The number of benzene rings is 4. The van der Waals surface area contributed by atoms with Crippen LogP contribution in [-0.2, 0) is 11.3 Å². The molecule has 1 fully saturated rings. The summed E-state index contributed by atoms with van der Waals surface area (Å²) in [5.74, 6) is -4.12. The van der Waals surface area contributed by atoms with Crippen molar-refractivity contribution in [1.29, 1.82) is 0 Å². The topological polar surface area (TPSA) is 21.8 Å². The van der Waals surface area contributed by atoms with Crippen LogP contribution in [0.3, 0.4) is 0 Å². The first-order valence-corrected chi connectivity index (χ1v) is 11.0. The van der Waals surface area contributed by atoms with Gasteiger partial charge in [-0.25, -0.2) is 13.2 Å². The fourth-order valence-corrected chi connectivity index (χ4v) is 3.87. The Morgan fingerprint density at radius 3 is 1.86 bits per heavy atom. The zero-order valence-corrected chi connectivity index (χ0v) is 18.5. The van der Waals surface area contributed by atoms with Crippen LogP contribution in [0.1, 0.15) is 22.8 Å². The smallest absolute Gasteiger partial charge is 0.201 e. The Kier molecular flexibility index (Phi) is 6.14. The van der Waals surface area contributed by atoms with Crippen LogP contribution in [0.15, 0.2) is 79.4 Å². The molecular formula is C29H20F4O2. The molecule has 176 valence electrons. The normalized spacial score (nSPS) is 14.6. The zero-order valence-electron chi connectivity index (χ0n) is 18.5. The van der Waals surface area contributed by atoms with Crippen molar-refractivity contribution in [3.05, 3.63) is 119 Å². The summed E-state index contributed by atoms with van der Waals surface area (Å²) >= 11 is 0. The van der Waals surface area contributed by atoms with E-state index in [-0.39, 0.29) is 29.0 Å². The van der Waals surface area contributed by atoms with E-state index in [0.717, 1.165) is 5.56 Å². The maximum atomic E-state index is 14.9. The van der Waals surface area contributed by atoms with E-state index in [9.17, 15) is 17.6 Å². The SMILES string of the molecule is C=Cc1ccc(-c2ccc(-c3ccc(COc4ccc(C5CO5)c(F)c4F)cc3)c(F)c2F)cc1. The van der Waals surface area contributed by atoms with Crippen LogP contribution in [0.4, 0.5) is 17.6 Å². The second-order valence-electron chi connectivity index (χ2n) is 8.20. The lowest BCUT2D eigenvalue weighted by atomic mass is 9.97. The van der Waals surface area contributed by atoms with Gasteiger partial charge in [0.2, 0.25) is 5.82 Å². The highest BCUT2D eigenvalue weighted by atomic mass is 19.2. The van der Waals surface area contributed by atoms with Crippen molar-refractivity contribution in [2.45, 2.75) is 12.7 Å². The van der Waals surface area contributed by atoms with Crippen LogP contribution >= 0.6 is 0 Å². The molecule has 0 aromatic heterocycles. The minimum Gasteiger partial charge on any atom is -0.486 e. The van der Waals surface area contributed by atoms with E-state index in [0.29, 0.717) is 23.3 Å². The molecular weight excluding hydrogens is 456 g/mol. The van der Waals surface area contributed by atoms with Crippen LogP contribution in [0.5, 0.6) is 5.75 Å². The maximum absolute atomic E-state index is 14.9. The largest absolute Gasteiger partial charge is 0.486 e. The van der Waals surface area contributed by atoms with Gasteiger partial charge in [0, 0.05) is 16.7 Å². The second-order valence-corrected chi connectivity index (χ2v) is 8.20. The predicted molar refractivity (Wildman–Crippen MR) is 127 cm³/mol. The Bertz CT molecular complexity index is 1390. The highest BCUT2D eigenvalue weighted by Crippen LogP contribution is 2.35. The van der Waals surface area contributed by atoms with Crippen molar-refractivity contribution in [3.8, 4) is 28.0 Å². The minimum absolute atomic E-state index is 0.0214. The van der Waals surface area contributed by atoms with Crippen LogP contribution in [0.2, 0.25) is 0 Å². The molecule has 1 aliphatic heterocycles. The average Bonchev–Trinajstić information content (AvgIpc) is 3.72. The predicted octanol–water partition coefficient (Wildman–Crippen LogP) is 7.87. The Morgan fingerprint density at radius 2 is 1.31 bits per heavy atom. The molecule has 1 saturated heterocycles. The van der Waals surface area contributed by atoms with Gasteiger partial charge in [-0.3, -0.25) is 0 Å². The van der Waals surface area contributed by atoms with Gasteiger partial charge >= 0.3 is 0 Å². The monoisotopic (exact) mass is 476 g/mol.